The first-order chi connectivity index (χ1) is 13.3. The van der Waals surface area contributed by atoms with Gasteiger partial charge in [-0.15, -0.1) is 0 Å². The highest BCUT2D eigenvalue weighted by atomic mass is 16.1. The fraction of sp³-hybridized carbons (Fsp3) is 0.391. The molecule has 1 aliphatic rings. The van der Waals surface area contributed by atoms with Crippen LogP contribution in [0.4, 0.5) is 5.69 Å². The molecule has 0 unspecified atom stereocenters. The van der Waals surface area contributed by atoms with Crippen molar-refractivity contribution in [1.29, 1.82) is 0 Å². The van der Waals surface area contributed by atoms with Gasteiger partial charge >= 0.3 is 0 Å². The predicted octanol–water partition coefficient (Wildman–Crippen LogP) is 4.75. The number of nitrogens with one attached hydrogen (secondary N) is 2. The minimum atomic E-state index is -0.110. The summed E-state index contributed by atoms with van der Waals surface area (Å²) in [6, 6.07) is 14.1. The van der Waals surface area contributed by atoms with Crippen LogP contribution < -0.4 is 10.6 Å². The Bertz CT molecular complexity index is 755. The third-order valence-corrected chi connectivity index (χ3v) is 4.92. The van der Waals surface area contributed by atoms with E-state index in [2.05, 4.69) is 33.8 Å². The van der Waals surface area contributed by atoms with Crippen molar-refractivity contribution in [2.24, 2.45) is 0 Å². The van der Waals surface area contributed by atoms with Gasteiger partial charge in [0.1, 0.15) is 5.69 Å². The number of benzene rings is 1. The summed E-state index contributed by atoms with van der Waals surface area (Å²) < 4.78 is 0. The van der Waals surface area contributed by atoms with Crippen LogP contribution in [0, 0.1) is 0 Å². The van der Waals surface area contributed by atoms with Crippen LogP contribution in [0.3, 0.4) is 0 Å². The number of hydrogen-bond acceptors (Lipinski definition) is 3. The first kappa shape index (κ1) is 19.2. The topological polar surface area (TPSA) is 54.0 Å². The zero-order chi connectivity index (χ0) is 18.7. The van der Waals surface area contributed by atoms with Crippen molar-refractivity contribution in [2.45, 2.75) is 44.9 Å². The third-order valence-electron chi connectivity index (χ3n) is 4.92. The second kappa shape index (κ2) is 10.5. The van der Waals surface area contributed by atoms with Crippen molar-refractivity contribution in [3.63, 3.8) is 0 Å². The summed E-state index contributed by atoms with van der Waals surface area (Å²) in [5.74, 6) is -0.110. The van der Waals surface area contributed by atoms with Gasteiger partial charge in [0.25, 0.3) is 5.91 Å². The largest absolute Gasteiger partial charge is 0.385 e. The molecular weight excluding hydrogens is 334 g/mol. The summed E-state index contributed by atoms with van der Waals surface area (Å²) in [7, 11) is 0. The molecule has 0 fully saturated rings. The maximum atomic E-state index is 12.3. The maximum absolute atomic E-state index is 12.3. The molecule has 4 nitrogen and oxygen atoms in total. The normalized spacial score (nSPS) is 13.7. The summed E-state index contributed by atoms with van der Waals surface area (Å²) in [6.07, 6.45) is 12.1. The lowest BCUT2D eigenvalue weighted by Crippen LogP contribution is -2.25. The van der Waals surface area contributed by atoms with Crippen LogP contribution in [0.1, 0.15) is 54.6 Å². The quantitative estimate of drug-likeness (QED) is 0.499. The number of aryl methyl sites for hydroxylation is 1. The minimum absolute atomic E-state index is 0.110. The molecule has 4 heteroatoms. The molecule has 1 heterocycles. The summed E-state index contributed by atoms with van der Waals surface area (Å²) in [5.41, 5.74) is 4.27. The highest BCUT2D eigenvalue weighted by molar-refractivity contribution is 5.93. The SMILES string of the molecule is O=C(NCCCc1ccccc1)c1cc(NCCC2=CCCCC2)ccn1. The number of carbonyl (C=O) groups excluding carboxylic acids is 1. The molecule has 1 aromatic carbocycles. The van der Waals surface area contributed by atoms with Gasteiger partial charge in [-0.2, -0.15) is 0 Å². The molecule has 0 radical (unpaired) electrons. The number of anilines is 1. The van der Waals surface area contributed by atoms with Crippen molar-refractivity contribution < 1.29 is 4.79 Å². The Balaban J connectivity index is 1.40. The van der Waals surface area contributed by atoms with E-state index in [0.29, 0.717) is 12.2 Å². The Morgan fingerprint density at radius 2 is 1.93 bits per heavy atom. The average molecular weight is 364 g/mol. The van der Waals surface area contributed by atoms with Gasteiger partial charge in [0, 0.05) is 25.0 Å². The number of nitrogens with zero attached hydrogens (tertiary/aromatic N) is 1. The summed E-state index contributed by atoms with van der Waals surface area (Å²) in [4.78, 5) is 16.5. The average Bonchev–Trinajstić information content (AvgIpc) is 2.73. The fourth-order valence-electron chi connectivity index (χ4n) is 3.39. The van der Waals surface area contributed by atoms with E-state index in [1.54, 1.807) is 11.8 Å². The Morgan fingerprint density at radius 1 is 1.04 bits per heavy atom. The second-order valence-corrected chi connectivity index (χ2v) is 7.06. The lowest BCUT2D eigenvalue weighted by molar-refractivity contribution is 0.0948. The van der Waals surface area contributed by atoms with E-state index in [1.165, 1.54) is 31.2 Å². The van der Waals surface area contributed by atoms with Gasteiger partial charge in [0.15, 0.2) is 0 Å². The van der Waals surface area contributed by atoms with Gasteiger partial charge in [-0.05, 0) is 62.6 Å². The van der Waals surface area contributed by atoms with Crippen LogP contribution in [-0.4, -0.2) is 24.0 Å². The molecule has 1 aliphatic carbocycles. The molecule has 0 aliphatic heterocycles. The first-order valence-electron chi connectivity index (χ1n) is 10.0. The van der Waals surface area contributed by atoms with Gasteiger partial charge in [-0.3, -0.25) is 9.78 Å². The standard InChI is InChI=1S/C23H29N3O/c27-23(26-15-7-12-19-8-3-1-4-9-19)22-18-21(14-17-25-22)24-16-13-20-10-5-2-6-11-20/h1,3-4,8-10,14,17-18H,2,5-7,11-13,15-16H2,(H,24,25)(H,26,27). The number of carbonyl (C=O) groups is 1. The number of allylic oxidation sites excluding steroid dienone is 1. The number of hydrogen-bond donors (Lipinski definition) is 2. The number of rotatable bonds is 9. The molecule has 1 aromatic heterocycles. The van der Waals surface area contributed by atoms with Gasteiger partial charge in [-0.25, -0.2) is 0 Å². The first-order valence-corrected chi connectivity index (χ1v) is 10.0. The maximum Gasteiger partial charge on any atom is 0.269 e. The van der Waals surface area contributed by atoms with E-state index in [1.807, 2.05) is 30.3 Å². The summed E-state index contributed by atoms with van der Waals surface area (Å²) in [5, 5.41) is 6.38. The summed E-state index contributed by atoms with van der Waals surface area (Å²) >= 11 is 0. The highest BCUT2D eigenvalue weighted by Gasteiger charge is 2.08. The molecule has 142 valence electrons. The van der Waals surface area contributed by atoms with Crippen molar-refractivity contribution in [1.82, 2.24) is 10.3 Å². The predicted molar refractivity (Wildman–Crippen MR) is 111 cm³/mol. The van der Waals surface area contributed by atoms with E-state index in [4.69, 9.17) is 0 Å². The van der Waals surface area contributed by atoms with Crippen LogP contribution in [0.2, 0.25) is 0 Å². The van der Waals surface area contributed by atoms with Crippen LogP contribution in [0.5, 0.6) is 0 Å². The zero-order valence-corrected chi connectivity index (χ0v) is 15.9. The molecule has 0 saturated carbocycles. The smallest absolute Gasteiger partial charge is 0.269 e. The number of aromatic nitrogens is 1. The Morgan fingerprint density at radius 3 is 2.74 bits per heavy atom. The molecule has 0 spiro atoms. The third kappa shape index (κ3) is 6.55. The Labute approximate surface area is 162 Å². The van der Waals surface area contributed by atoms with Crippen molar-refractivity contribution >= 4 is 11.6 Å². The van der Waals surface area contributed by atoms with E-state index < -0.39 is 0 Å². The lowest BCUT2D eigenvalue weighted by Gasteiger charge is -2.13. The van der Waals surface area contributed by atoms with Gasteiger partial charge in [0.2, 0.25) is 0 Å². The van der Waals surface area contributed by atoms with Crippen molar-refractivity contribution in [3.8, 4) is 0 Å². The van der Waals surface area contributed by atoms with Crippen LogP contribution in [0.25, 0.3) is 0 Å². The van der Waals surface area contributed by atoms with Gasteiger partial charge in [-0.1, -0.05) is 42.0 Å². The Hall–Kier alpha value is -2.62. The van der Waals surface area contributed by atoms with Crippen LogP contribution >= 0.6 is 0 Å². The van der Waals surface area contributed by atoms with Gasteiger partial charge < -0.3 is 10.6 Å². The number of pyridine rings is 1. The van der Waals surface area contributed by atoms with Crippen molar-refractivity contribution in [3.05, 3.63) is 71.6 Å². The molecular formula is C23H29N3O. The van der Waals surface area contributed by atoms with E-state index in [9.17, 15) is 4.79 Å². The molecule has 3 rings (SSSR count). The lowest BCUT2D eigenvalue weighted by atomic mass is 9.97. The molecule has 2 aromatic rings. The fourth-order valence-corrected chi connectivity index (χ4v) is 3.39. The summed E-state index contributed by atoms with van der Waals surface area (Å²) in [6.45, 7) is 1.55. The van der Waals surface area contributed by atoms with E-state index in [-0.39, 0.29) is 5.91 Å². The zero-order valence-electron chi connectivity index (χ0n) is 15.9. The molecule has 0 bridgehead atoms. The van der Waals surface area contributed by atoms with Crippen LogP contribution in [-0.2, 0) is 6.42 Å². The van der Waals surface area contributed by atoms with Crippen LogP contribution in [0.15, 0.2) is 60.3 Å². The number of amides is 1. The van der Waals surface area contributed by atoms with Crippen molar-refractivity contribution in [2.75, 3.05) is 18.4 Å². The minimum Gasteiger partial charge on any atom is -0.385 e. The highest BCUT2D eigenvalue weighted by Crippen LogP contribution is 2.20. The molecule has 2 N–H and O–H groups in total. The molecule has 1 amide bonds. The van der Waals surface area contributed by atoms with Gasteiger partial charge in [0.05, 0.1) is 0 Å². The molecule has 0 atom stereocenters. The molecule has 27 heavy (non-hydrogen) atoms. The molecule has 0 saturated heterocycles. The second-order valence-electron chi connectivity index (χ2n) is 7.06. The van der Waals surface area contributed by atoms with E-state index >= 15 is 0 Å². The van der Waals surface area contributed by atoms with E-state index in [0.717, 1.165) is 31.5 Å². The monoisotopic (exact) mass is 363 g/mol. The Kier molecular flexibility index (Phi) is 7.45.